The van der Waals surface area contributed by atoms with Gasteiger partial charge in [0.15, 0.2) is 5.78 Å². The van der Waals surface area contributed by atoms with E-state index in [1.807, 2.05) is 56.3 Å². The van der Waals surface area contributed by atoms with E-state index in [0.29, 0.717) is 0 Å². The lowest BCUT2D eigenvalue weighted by molar-refractivity contribution is 0.101. The number of carbonyl (C=O) groups is 1. The normalized spacial score (nSPS) is 9.94. The molecule has 0 radical (unpaired) electrons. The van der Waals surface area contributed by atoms with Crippen molar-refractivity contribution in [3.05, 3.63) is 95.6 Å². The maximum Gasteiger partial charge on any atom is 0.159 e. The highest BCUT2D eigenvalue weighted by Gasteiger charge is 2.11. The third-order valence-electron chi connectivity index (χ3n) is 4.78. The van der Waals surface area contributed by atoms with Crippen LogP contribution < -0.4 is 0 Å². The van der Waals surface area contributed by atoms with Gasteiger partial charge in [-0.3, -0.25) is 4.79 Å². The van der Waals surface area contributed by atoms with Gasteiger partial charge in [0.25, 0.3) is 0 Å². The number of rotatable bonds is 8. The van der Waals surface area contributed by atoms with Crippen molar-refractivity contribution in [1.82, 2.24) is 0 Å². The van der Waals surface area contributed by atoms with Gasteiger partial charge in [-0.05, 0) is 79.8 Å². The largest absolute Gasteiger partial charge is 0.508 e. The predicted octanol–water partition coefficient (Wildman–Crippen LogP) is 8.18. The Bertz CT molecular complexity index is 1030. The van der Waals surface area contributed by atoms with Gasteiger partial charge >= 0.3 is 0 Å². The number of aryl methyl sites for hydroxylation is 1. The molecule has 0 fully saturated rings. The average Bonchev–Trinajstić information content (AvgIpc) is 2.79. The molecule has 0 atom stereocenters. The standard InChI is InChI=1S/C23H20O2S.C5H12O.CH4/c1-15-14-19(17(3)24)10-13-22(15)26-23-7-5-4-6-21(23)16(2)18-8-11-20(25)12-9-18;1-3-5-6-4-2;/h4-14,25H,2H2,1,3H3;3-5H2,1-2H3;1H4. The highest BCUT2D eigenvalue weighted by atomic mass is 32.2. The Balaban J connectivity index is 0.000000691. The van der Waals surface area contributed by atoms with Crippen LogP contribution in [0.2, 0.25) is 0 Å². The van der Waals surface area contributed by atoms with Crippen molar-refractivity contribution >= 4 is 23.1 Å². The number of ketones is 1. The molecule has 0 bridgehead atoms. The first-order chi connectivity index (χ1) is 15.4. The summed E-state index contributed by atoms with van der Waals surface area (Å²) in [6, 6.07) is 21.0. The van der Waals surface area contributed by atoms with Crippen molar-refractivity contribution in [1.29, 1.82) is 0 Å². The maximum atomic E-state index is 11.6. The van der Waals surface area contributed by atoms with Crippen LogP contribution in [0.4, 0.5) is 0 Å². The SMILES string of the molecule is C.C=C(c1ccc(O)cc1)c1ccccc1Sc1ccc(C(C)=O)cc1C.CCCOCC. The van der Waals surface area contributed by atoms with E-state index in [0.717, 1.165) is 57.3 Å². The van der Waals surface area contributed by atoms with E-state index in [-0.39, 0.29) is 19.0 Å². The molecule has 3 aromatic rings. The Hall–Kier alpha value is -2.82. The molecule has 3 nitrogen and oxygen atoms in total. The Labute approximate surface area is 203 Å². The first-order valence-electron chi connectivity index (χ1n) is 10.8. The van der Waals surface area contributed by atoms with Crippen LogP contribution in [-0.4, -0.2) is 24.1 Å². The molecule has 1 N–H and O–H groups in total. The van der Waals surface area contributed by atoms with Crippen LogP contribution in [-0.2, 0) is 4.74 Å². The maximum absolute atomic E-state index is 11.6. The number of aromatic hydroxyl groups is 1. The van der Waals surface area contributed by atoms with Gasteiger partial charge in [-0.2, -0.15) is 0 Å². The number of hydrogen-bond donors (Lipinski definition) is 1. The quantitative estimate of drug-likeness (QED) is 0.270. The van der Waals surface area contributed by atoms with E-state index in [1.54, 1.807) is 30.8 Å². The zero-order valence-corrected chi connectivity index (χ0v) is 20.2. The van der Waals surface area contributed by atoms with Crippen LogP contribution in [0.25, 0.3) is 5.57 Å². The third-order valence-corrected chi connectivity index (χ3v) is 6.04. The fourth-order valence-electron chi connectivity index (χ4n) is 3.01. The van der Waals surface area contributed by atoms with Crippen LogP contribution in [0.15, 0.2) is 83.1 Å². The minimum Gasteiger partial charge on any atom is -0.508 e. The van der Waals surface area contributed by atoms with Gasteiger partial charge in [0, 0.05) is 28.6 Å². The summed E-state index contributed by atoms with van der Waals surface area (Å²) in [5.41, 5.74) is 4.74. The van der Waals surface area contributed by atoms with Crippen LogP contribution >= 0.6 is 11.8 Å². The van der Waals surface area contributed by atoms with Gasteiger partial charge < -0.3 is 9.84 Å². The van der Waals surface area contributed by atoms with Gasteiger partial charge in [0.1, 0.15) is 5.75 Å². The van der Waals surface area contributed by atoms with E-state index in [9.17, 15) is 9.90 Å². The lowest BCUT2D eigenvalue weighted by Gasteiger charge is -2.14. The lowest BCUT2D eigenvalue weighted by atomic mass is 9.99. The second-order valence-electron chi connectivity index (χ2n) is 7.36. The summed E-state index contributed by atoms with van der Waals surface area (Å²) in [6.07, 6.45) is 1.13. The zero-order chi connectivity index (χ0) is 23.5. The molecule has 3 aromatic carbocycles. The number of Topliss-reactive ketones (excluding diaryl/α,β-unsaturated/α-hetero) is 1. The Kier molecular flexibility index (Phi) is 12.3. The Morgan fingerprint density at radius 1 is 0.970 bits per heavy atom. The monoisotopic (exact) mass is 464 g/mol. The van der Waals surface area contributed by atoms with Crippen molar-refractivity contribution in [2.75, 3.05) is 13.2 Å². The highest BCUT2D eigenvalue weighted by molar-refractivity contribution is 7.99. The molecule has 0 saturated heterocycles. The van der Waals surface area contributed by atoms with Crippen molar-refractivity contribution in [2.45, 2.75) is 51.3 Å². The fourth-order valence-corrected chi connectivity index (χ4v) is 4.05. The molecule has 4 heteroatoms. The number of benzene rings is 3. The number of phenolic OH excluding ortho intramolecular Hbond substituents is 1. The first kappa shape index (κ1) is 28.2. The molecule has 0 unspecified atom stereocenters. The Morgan fingerprint density at radius 2 is 1.61 bits per heavy atom. The number of carbonyl (C=O) groups excluding carboxylic acids is 1. The molecular formula is C29H36O3S. The summed E-state index contributed by atoms with van der Waals surface area (Å²) < 4.78 is 4.98. The summed E-state index contributed by atoms with van der Waals surface area (Å²) >= 11 is 1.67. The molecule has 0 aliphatic heterocycles. The van der Waals surface area contributed by atoms with E-state index in [4.69, 9.17) is 4.74 Å². The molecule has 0 aliphatic rings. The average molecular weight is 465 g/mol. The summed E-state index contributed by atoms with van der Waals surface area (Å²) in [7, 11) is 0. The highest BCUT2D eigenvalue weighted by Crippen LogP contribution is 2.37. The molecule has 0 heterocycles. The summed E-state index contributed by atoms with van der Waals surface area (Å²) in [4.78, 5) is 13.8. The van der Waals surface area contributed by atoms with E-state index in [1.165, 1.54) is 0 Å². The molecular weight excluding hydrogens is 428 g/mol. The molecule has 0 aromatic heterocycles. The molecule has 176 valence electrons. The summed E-state index contributed by atoms with van der Waals surface area (Å²) in [6.45, 7) is 13.7. The van der Waals surface area contributed by atoms with Gasteiger partial charge in [-0.25, -0.2) is 0 Å². The number of hydrogen-bond acceptors (Lipinski definition) is 4. The molecule has 0 saturated carbocycles. The second kappa shape index (κ2) is 14.4. The van der Waals surface area contributed by atoms with Gasteiger partial charge in [0.05, 0.1) is 0 Å². The van der Waals surface area contributed by atoms with Crippen molar-refractivity contribution in [2.24, 2.45) is 0 Å². The zero-order valence-electron chi connectivity index (χ0n) is 19.4. The third kappa shape index (κ3) is 8.56. The number of phenols is 1. The van der Waals surface area contributed by atoms with Crippen LogP contribution in [0.1, 0.15) is 61.7 Å². The smallest absolute Gasteiger partial charge is 0.159 e. The second-order valence-corrected chi connectivity index (χ2v) is 8.44. The minimum absolute atomic E-state index is 0. The van der Waals surface area contributed by atoms with Gasteiger partial charge in [-0.15, -0.1) is 0 Å². The van der Waals surface area contributed by atoms with Crippen LogP contribution in [0, 0.1) is 6.92 Å². The fraction of sp³-hybridized carbons (Fsp3) is 0.276. The molecule has 0 amide bonds. The molecule has 0 spiro atoms. The van der Waals surface area contributed by atoms with Crippen LogP contribution in [0.5, 0.6) is 5.75 Å². The van der Waals surface area contributed by atoms with Gasteiger partial charge in [0.2, 0.25) is 0 Å². The van der Waals surface area contributed by atoms with Crippen molar-refractivity contribution in [3.63, 3.8) is 0 Å². The van der Waals surface area contributed by atoms with E-state index < -0.39 is 0 Å². The van der Waals surface area contributed by atoms with Crippen molar-refractivity contribution in [3.8, 4) is 5.75 Å². The topological polar surface area (TPSA) is 46.5 Å². The van der Waals surface area contributed by atoms with Gasteiger partial charge in [-0.1, -0.05) is 69.1 Å². The number of ether oxygens (including phenoxy) is 1. The molecule has 3 rings (SSSR count). The van der Waals surface area contributed by atoms with E-state index in [2.05, 4.69) is 25.6 Å². The Morgan fingerprint density at radius 3 is 2.15 bits per heavy atom. The summed E-state index contributed by atoms with van der Waals surface area (Å²) in [5.74, 6) is 0.316. The molecule has 33 heavy (non-hydrogen) atoms. The van der Waals surface area contributed by atoms with Crippen molar-refractivity contribution < 1.29 is 14.6 Å². The minimum atomic E-state index is 0. The predicted molar refractivity (Wildman–Crippen MR) is 142 cm³/mol. The lowest BCUT2D eigenvalue weighted by Crippen LogP contribution is -1.94. The summed E-state index contributed by atoms with van der Waals surface area (Å²) in [5, 5.41) is 9.49. The van der Waals surface area contributed by atoms with E-state index >= 15 is 0 Å². The first-order valence-corrected chi connectivity index (χ1v) is 11.6. The van der Waals surface area contributed by atoms with Crippen LogP contribution in [0.3, 0.4) is 0 Å². The molecule has 0 aliphatic carbocycles.